The maximum absolute atomic E-state index is 14.0. The molecule has 0 bridgehead atoms. The Morgan fingerprint density at radius 1 is 0.968 bits per heavy atom. The van der Waals surface area contributed by atoms with Gasteiger partial charge in [-0.25, -0.2) is 0 Å². The fourth-order valence-electron chi connectivity index (χ4n) is 3.63. The van der Waals surface area contributed by atoms with Crippen molar-refractivity contribution in [2.45, 2.75) is 57.2 Å². The van der Waals surface area contributed by atoms with Gasteiger partial charge in [0.05, 0.1) is 22.7 Å². The molecule has 0 aliphatic carbocycles. The maximum atomic E-state index is 14.0. The molecule has 0 radical (unpaired) electrons. The smallest absolute Gasteiger partial charge is 0.399 e. The Morgan fingerprint density at radius 3 is 1.94 bits per heavy atom. The Balaban J connectivity index is 2.06. The highest BCUT2D eigenvalue weighted by Gasteiger charge is 2.68. The normalized spacial score (nSPS) is 24.5. The van der Waals surface area contributed by atoms with E-state index in [1.54, 1.807) is 27.7 Å². The summed E-state index contributed by atoms with van der Waals surface area (Å²) in [6.07, 6.45) is -9.22. The third-order valence-electron chi connectivity index (χ3n) is 6.01. The lowest BCUT2D eigenvalue weighted by Gasteiger charge is -2.32. The average molecular weight is 460 g/mol. The number of nitrogens with zero attached hydrogens (tertiary/aromatic N) is 2. The second-order valence-corrected chi connectivity index (χ2v) is 8.73. The van der Waals surface area contributed by atoms with E-state index in [0.717, 1.165) is 22.7 Å². The molecular weight excluding hydrogens is 439 g/mol. The molecular formula is C18H21BF8N2O2. The van der Waals surface area contributed by atoms with Gasteiger partial charge in [-0.3, -0.25) is 0 Å². The maximum Gasteiger partial charge on any atom is 0.496 e. The first-order chi connectivity index (χ1) is 13.8. The Labute approximate surface area is 173 Å². The van der Waals surface area contributed by atoms with Crippen molar-refractivity contribution in [3.63, 3.8) is 0 Å². The Morgan fingerprint density at radius 2 is 1.48 bits per heavy atom. The van der Waals surface area contributed by atoms with Crippen molar-refractivity contribution in [1.82, 2.24) is 9.47 Å². The molecule has 1 fully saturated rings. The van der Waals surface area contributed by atoms with E-state index in [1.807, 2.05) is 0 Å². The van der Waals surface area contributed by atoms with Gasteiger partial charge in [-0.2, -0.15) is 35.1 Å². The van der Waals surface area contributed by atoms with E-state index >= 15 is 0 Å². The predicted octanol–water partition coefficient (Wildman–Crippen LogP) is 4.28. The quantitative estimate of drug-likeness (QED) is 0.498. The molecule has 174 valence electrons. The first kappa shape index (κ1) is 23.9. The first-order valence-electron chi connectivity index (χ1n) is 9.30. The van der Waals surface area contributed by atoms with Crippen molar-refractivity contribution in [2.75, 3.05) is 13.6 Å². The summed E-state index contributed by atoms with van der Waals surface area (Å²) in [7, 11) is 0.0856. The summed E-state index contributed by atoms with van der Waals surface area (Å²) in [4.78, 5) is 0.737. The molecule has 31 heavy (non-hydrogen) atoms. The van der Waals surface area contributed by atoms with Gasteiger partial charge in [0, 0.05) is 31.4 Å². The summed E-state index contributed by atoms with van der Waals surface area (Å²) >= 11 is 0. The van der Waals surface area contributed by atoms with E-state index in [4.69, 9.17) is 9.31 Å². The van der Waals surface area contributed by atoms with Crippen molar-refractivity contribution in [2.24, 2.45) is 5.92 Å². The van der Waals surface area contributed by atoms with E-state index in [1.165, 1.54) is 12.3 Å². The van der Waals surface area contributed by atoms with Crippen molar-refractivity contribution < 1.29 is 44.4 Å². The topological polar surface area (TPSA) is 26.6 Å². The molecule has 2 aliphatic rings. The molecule has 2 aliphatic heterocycles. The minimum absolute atomic E-state index is 0.298. The highest BCUT2D eigenvalue weighted by Crippen LogP contribution is 2.52. The van der Waals surface area contributed by atoms with Crippen molar-refractivity contribution in [3.05, 3.63) is 24.0 Å². The number of aromatic nitrogens is 1. The zero-order valence-electron chi connectivity index (χ0n) is 17.3. The van der Waals surface area contributed by atoms with Gasteiger partial charge in [-0.15, -0.1) is 0 Å². The summed E-state index contributed by atoms with van der Waals surface area (Å²) in [6.45, 7) is 5.91. The van der Waals surface area contributed by atoms with Gasteiger partial charge in [0.15, 0.2) is 0 Å². The van der Waals surface area contributed by atoms with Crippen LogP contribution in [0.4, 0.5) is 35.1 Å². The first-order valence-corrected chi connectivity index (χ1v) is 9.30. The number of alkyl halides is 8. The SMILES string of the molecule is CN1CC(C(F)(F)C(F)(F)F)C(C(F)(F)F)=C1n1ccc(B2OC(C)(C)C(C)(C)O2)c1. The molecule has 0 spiro atoms. The van der Waals surface area contributed by atoms with Gasteiger partial charge >= 0.3 is 25.4 Å². The molecule has 1 aromatic rings. The molecule has 3 heterocycles. The molecule has 1 unspecified atom stereocenters. The molecule has 0 saturated carbocycles. The second kappa shape index (κ2) is 6.87. The fourth-order valence-corrected chi connectivity index (χ4v) is 3.63. The van der Waals surface area contributed by atoms with Crippen LogP contribution in [0.1, 0.15) is 27.7 Å². The Bertz CT molecular complexity index is 872. The third kappa shape index (κ3) is 3.83. The summed E-state index contributed by atoms with van der Waals surface area (Å²) < 4.78 is 120. The molecule has 3 rings (SSSR count). The molecule has 0 aromatic carbocycles. The minimum Gasteiger partial charge on any atom is -0.399 e. The predicted molar refractivity (Wildman–Crippen MR) is 96.5 cm³/mol. The van der Waals surface area contributed by atoms with Crippen LogP contribution in [0.3, 0.4) is 0 Å². The van der Waals surface area contributed by atoms with Crippen LogP contribution in [0.5, 0.6) is 0 Å². The van der Waals surface area contributed by atoms with Gasteiger partial charge < -0.3 is 18.8 Å². The molecule has 0 amide bonds. The van der Waals surface area contributed by atoms with Gasteiger partial charge in [-0.05, 0) is 33.8 Å². The van der Waals surface area contributed by atoms with Crippen LogP contribution in [0.15, 0.2) is 24.0 Å². The largest absolute Gasteiger partial charge is 0.496 e. The summed E-state index contributed by atoms with van der Waals surface area (Å²) in [6, 6.07) is 1.37. The number of rotatable bonds is 3. The Kier molecular flexibility index (Phi) is 5.30. The molecule has 0 N–H and O–H groups in total. The van der Waals surface area contributed by atoms with Crippen LogP contribution in [0, 0.1) is 5.92 Å². The van der Waals surface area contributed by atoms with Crippen LogP contribution in [-0.4, -0.2) is 59.7 Å². The van der Waals surface area contributed by atoms with Crippen LogP contribution in [0.2, 0.25) is 0 Å². The average Bonchev–Trinajstić information content (AvgIpc) is 3.20. The van der Waals surface area contributed by atoms with Crippen LogP contribution >= 0.6 is 0 Å². The monoisotopic (exact) mass is 460 g/mol. The summed E-state index contributed by atoms with van der Waals surface area (Å²) in [5, 5.41) is 0. The molecule has 1 aromatic heterocycles. The number of hydrogen-bond acceptors (Lipinski definition) is 3. The van der Waals surface area contributed by atoms with Crippen LogP contribution in [-0.2, 0) is 9.31 Å². The van der Waals surface area contributed by atoms with E-state index in [2.05, 4.69) is 0 Å². The molecule has 1 atom stereocenters. The van der Waals surface area contributed by atoms with Gasteiger partial charge in [0.2, 0.25) is 0 Å². The summed E-state index contributed by atoms with van der Waals surface area (Å²) in [5.74, 6) is -9.46. The van der Waals surface area contributed by atoms with Gasteiger partial charge in [-0.1, -0.05) is 0 Å². The van der Waals surface area contributed by atoms with Gasteiger partial charge in [0.1, 0.15) is 5.82 Å². The van der Waals surface area contributed by atoms with Crippen LogP contribution < -0.4 is 5.46 Å². The standard InChI is InChI=1S/C18H21BF8N2O2/c1-14(2)15(3,4)31-19(30-14)10-6-7-29(8-10)13-12(17(22,23)24)11(9-28(13)5)16(20,21)18(25,26)27/h6-8,11H,9H2,1-5H3. The highest BCUT2D eigenvalue weighted by molar-refractivity contribution is 6.62. The highest BCUT2D eigenvalue weighted by atomic mass is 19.4. The third-order valence-corrected chi connectivity index (χ3v) is 6.01. The number of hydrogen-bond donors (Lipinski definition) is 0. The Hall–Kier alpha value is -1.76. The number of halogens is 8. The summed E-state index contributed by atoms with van der Waals surface area (Å²) in [5.41, 5.74) is -3.11. The fraction of sp³-hybridized carbons (Fsp3) is 0.667. The minimum atomic E-state index is -6.13. The zero-order valence-corrected chi connectivity index (χ0v) is 17.3. The van der Waals surface area contributed by atoms with Crippen LogP contribution in [0.25, 0.3) is 5.82 Å². The second-order valence-electron chi connectivity index (χ2n) is 8.73. The lowest BCUT2D eigenvalue weighted by Crippen LogP contribution is -2.47. The van der Waals surface area contributed by atoms with Crippen molar-refractivity contribution in [1.29, 1.82) is 0 Å². The van der Waals surface area contributed by atoms with E-state index in [-0.39, 0.29) is 0 Å². The zero-order chi connectivity index (χ0) is 23.8. The van der Waals surface area contributed by atoms with E-state index in [9.17, 15) is 35.1 Å². The lowest BCUT2D eigenvalue weighted by atomic mass is 9.81. The van der Waals surface area contributed by atoms with E-state index in [0.29, 0.717) is 5.46 Å². The van der Waals surface area contributed by atoms with E-state index < -0.39 is 60.5 Å². The van der Waals surface area contributed by atoms with Crippen molar-refractivity contribution in [3.8, 4) is 0 Å². The molecule has 1 saturated heterocycles. The lowest BCUT2D eigenvalue weighted by molar-refractivity contribution is -0.300. The van der Waals surface area contributed by atoms with Gasteiger partial charge in [0.25, 0.3) is 0 Å². The molecule has 4 nitrogen and oxygen atoms in total. The van der Waals surface area contributed by atoms with Crippen molar-refractivity contribution >= 4 is 18.4 Å². The molecule has 13 heteroatoms.